The molecule has 1 aliphatic rings. The number of rotatable bonds is 7. The summed E-state index contributed by atoms with van der Waals surface area (Å²) in [5.74, 6) is 0.981. The molecule has 0 saturated heterocycles. The molecule has 0 atom stereocenters. The number of methoxy groups -OCH3 is 1. The molecule has 29 heavy (non-hydrogen) atoms. The molecule has 0 saturated carbocycles. The molecule has 2 N–H and O–H groups in total. The third-order valence-electron chi connectivity index (χ3n) is 4.95. The monoisotopic (exact) mass is 412 g/mol. The van der Waals surface area contributed by atoms with Crippen LogP contribution in [0.25, 0.3) is 11.3 Å². The van der Waals surface area contributed by atoms with Crippen LogP contribution in [0.2, 0.25) is 0 Å². The highest BCUT2D eigenvalue weighted by Gasteiger charge is 2.30. The van der Waals surface area contributed by atoms with Crippen LogP contribution < -0.4 is 10.5 Å². The average Bonchev–Trinajstić information content (AvgIpc) is 3.02. The van der Waals surface area contributed by atoms with Crippen molar-refractivity contribution in [2.24, 2.45) is 0 Å². The van der Waals surface area contributed by atoms with Crippen molar-refractivity contribution in [2.75, 3.05) is 19.5 Å². The molecule has 0 bridgehead atoms. The molecule has 5 nitrogen and oxygen atoms in total. The second kappa shape index (κ2) is 9.05. The number of anilines is 1. The first-order chi connectivity index (χ1) is 14.0. The van der Waals surface area contributed by atoms with Gasteiger partial charge in [0.1, 0.15) is 11.6 Å². The van der Waals surface area contributed by atoms with Gasteiger partial charge in [-0.05, 0) is 49.6 Å². The molecule has 152 valence electrons. The fraction of sp³-hybridized carbons (Fsp3) is 0.261. The Labute approximate surface area is 176 Å². The molecule has 0 aliphatic carbocycles. The van der Waals surface area contributed by atoms with Crippen LogP contribution in [0.1, 0.15) is 28.4 Å². The number of nitrogens with zero attached hydrogens (tertiary/aromatic N) is 1. The summed E-state index contributed by atoms with van der Waals surface area (Å²) in [6.07, 6.45) is 8.20. The Morgan fingerprint density at radius 3 is 2.90 bits per heavy atom. The highest BCUT2D eigenvalue weighted by atomic mass is 35.5. The molecule has 0 fully saturated rings. The second-order valence-corrected chi connectivity index (χ2v) is 7.06. The van der Waals surface area contributed by atoms with Crippen LogP contribution in [0.4, 0.5) is 5.82 Å². The van der Waals surface area contributed by atoms with Crippen LogP contribution in [0, 0.1) is 0 Å². The van der Waals surface area contributed by atoms with Crippen LogP contribution in [0.5, 0.6) is 5.75 Å². The Balaban J connectivity index is 2.15. The van der Waals surface area contributed by atoms with E-state index in [-0.39, 0.29) is 12.6 Å². The molecule has 1 aromatic carbocycles. The molecule has 0 amide bonds. The minimum absolute atomic E-state index is 0.289. The first-order valence-electron chi connectivity index (χ1n) is 9.51. The standard InChI is InChI=1S/C23H25ClN2O3/c1-4-6-7-16(24)8-10-19-20(23(27)29-5-2)21-18-11-9-17(28-3)14-15(18)12-13-26(21)22(19)25/h4,6-9,11,14H,1,5,10,12-13,25H2,2-3H3/b7-6-,16-8+. The summed E-state index contributed by atoms with van der Waals surface area (Å²) in [7, 11) is 1.64. The fourth-order valence-corrected chi connectivity index (χ4v) is 3.78. The molecule has 3 rings (SSSR count). The number of fused-ring (bicyclic) bond motifs is 3. The minimum atomic E-state index is -0.377. The van der Waals surface area contributed by atoms with Gasteiger partial charge in [0.05, 0.1) is 25.0 Å². The van der Waals surface area contributed by atoms with E-state index in [2.05, 4.69) is 6.58 Å². The average molecular weight is 413 g/mol. The molecular weight excluding hydrogens is 388 g/mol. The number of carbonyl (C=O) groups is 1. The van der Waals surface area contributed by atoms with Crippen molar-refractivity contribution in [3.05, 3.63) is 70.8 Å². The van der Waals surface area contributed by atoms with E-state index in [1.807, 2.05) is 28.8 Å². The van der Waals surface area contributed by atoms with Crippen LogP contribution in [0.3, 0.4) is 0 Å². The van der Waals surface area contributed by atoms with Crippen LogP contribution in [-0.2, 0) is 24.1 Å². The van der Waals surface area contributed by atoms with Crippen molar-refractivity contribution in [3.8, 4) is 17.0 Å². The maximum Gasteiger partial charge on any atom is 0.340 e. The predicted molar refractivity (Wildman–Crippen MR) is 117 cm³/mol. The van der Waals surface area contributed by atoms with Crippen molar-refractivity contribution in [2.45, 2.75) is 26.3 Å². The molecule has 2 aromatic rings. The largest absolute Gasteiger partial charge is 0.497 e. The molecule has 6 heteroatoms. The third kappa shape index (κ3) is 4.10. The summed E-state index contributed by atoms with van der Waals surface area (Å²) in [6, 6.07) is 5.87. The first-order valence-corrected chi connectivity index (χ1v) is 9.89. The quantitative estimate of drug-likeness (QED) is 0.519. The number of allylic oxidation sites excluding steroid dienone is 5. The lowest BCUT2D eigenvalue weighted by molar-refractivity contribution is 0.0526. The highest BCUT2D eigenvalue weighted by Crippen LogP contribution is 2.40. The summed E-state index contributed by atoms with van der Waals surface area (Å²) in [5, 5.41) is 0.549. The fourth-order valence-electron chi connectivity index (χ4n) is 3.63. The lowest BCUT2D eigenvalue weighted by Gasteiger charge is -2.21. The zero-order valence-corrected chi connectivity index (χ0v) is 17.5. The van der Waals surface area contributed by atoms with Crippen molar-refractivity contribution >= 4 is 23.4 Å². The summed E-state index contributed by atoms with van der Waals surface area (Å²) in [5.41, 5.74) is 10.6. The number of benzene rings is 1. The molecule has 0 unspecified atom stereocenters. The third-order valence-corrected chi connectivity index (χ3v) is 5.23. The van der Waals surface area contributed by atoms with Crippen molar-refractivity contribution < 1.29 is 14.3 Å². The number of nitrogen functional groups attached to an aromatic ring is 1. The number of hydrogen-bond donors (Lipinski definition) is 1. The van der Waals surface area contributed by atoms with E-state index in [0.717, 1.165) is 34.6 Å². The second-order valence-electron chi connectivity index (χ2n) is 6.62. The Morgan fingerprint density at radius 2 is 2.21 bits per heavy atom. The predicted octanol–water partition coefficient (Wildman–Crippen LogP) is 4.89. The zero-order chi connectivity index (χ0) is 21.0. The van der Waals surface area contributed by atoms with E-state index < -0.39 is 0 Å². The maximum atomic E-state index is 12.9. The number of aryl methyl sites for hydroxylation is 1. The number of esters is 1. The normalized spacial score (nSPS) is 13.1. The Hall–Kier alpha value is -2.92. The summed E-state index contributed by atoms with van der Waals surface area (Å²) >= 11 is 6.24. The van der Waals surface area contributed by atoms with E-state index in [4.69, 9.17) is 26.8 Å². The van der Waals surface area contributed by atoms with E-state index in [9.17, 15) is 4.79 Å². The van der Waals surface area contributed by atoms with Gasteiger partial charge in [0.2, 0.25) is 0 Å². The number of hydrogen-bond acceptors (Lipinski definition) is 4. The van der Waals surface area contributed by atoms with E-state index in [0.29, 0.717) is 29.4 Å². The summed E-state index contributed by atoms with van der Waals surface area (Å²) in [6.45, 7) is 6.40. The number of carbonyl (C=O) groups excluding carboxylic acids is 1. The van der Waals surface area contributed by atoms with E-state index in [1.54, 1.807) is 32.3 Å². The number of aromatic nitrogens is 1. The van der Waals surface area contributed by atoms with Gasteiger partial charge in [-0.25, -0.2) is 4.79 Å². The van der Waals surface area contributed by atoms with Crippen LogP contribution in [0.15, 0.2) is 54.1 Å². The zero-order valence-electron chi connectivity index (χ0n) is 16.7. The number of halogens is 1. The minimum Gasteiger partial charge on any atom is -0.497 e. The lowest BCUT2D eigenvalue weighted by Crippen LogP contribution is -2.15. The van der Waals surface area contributed by atoms with Gasteiger partial charge in [0, 0.05) is 22.7 Å². The van der Waals surface area contributed by atoms with Gasteiger partial charge < -0.3 is 19.8 Å². The number of nitrogens with two attached hydrogens (primary N) is 1. The highest BCUT2D eigenvalue weighted by molar-refractivity contribution is 6.31. The maximum absolute atomic E-state index is 12.9. The van der Waals surface area contributed by atoms with Gasteiger partial charge in [-0.1, -0.05) is 36.4 Å². The molecule has 1 aliphatic heterocycles. The van der Waals surface area contributed by atoms with E-state index in [1.165, 1.54) is 0 Å². The van der Waals surface area contributed by atoms with Crippen LogP contribution >= 0.6 is 11.6 Å². The van der Waals surface area contributed by atoms with E-state index >= 15 is 0 Å². The van der Waals surface area contributed by atoms with Crippen molar-refractivity contribution in [3.63, 3.8) is 0 Å². The molecule has 1 aromatic heterocycles. The van der Waals surface area contributed by atoms with Crippen molar-refractivity contribution in [1.82, 2.24) is 4.57 Å². The van der Waals surface area contributed by atoms with Gasteiger partial charge in [-0.15, -0.1) is 0 Å². The van der Waals surface area contributed by atoms with Gasteiger partial charge in [-0.2, -0.15) is 0 Å². The van der Waals surface area contributed by atoms with Gasteiger partial charge in [0.25, 0.3) is 0 Å². The molecular formula is C23H25ClN2O3. The number of ether oxygens (including phenoxy) is 2. The summed E-state index contributed by atoms with van der Waals surface area (Å²) in [4.78, 5) is 12.9. The van der Waals surface area contributed by atoms with Crippen LogP contribution in [-0.4, -0.2) is 24.3 Å². The smallest absolute Gasteiger partial charge is 0.340 e. The first kappa shape index (κ1) is 20.8. The van der Waals surface area contributed by atoms with Gasteiger partial charge in [-0.3, -0.25) is 0 Å². The Bertz CT molecular complexity index is 1000. The Kier molecular flexibility index (Phi) is 6.49. The van der Waals surface area contributed by atoms with Gasteiger partial charge >= 0.3 is 5.97 Å². The Morgan fingerprint density at radius 1 is 1.41 bits per heavy atom. The topological polar surface area (TPSA) is 66.5 Å². The SMILES string of the molecule is C=C/C=C\C(Cl)=C/Cc1c(C(=O)OCC)c2n(c1N)CCc1cc(OC)ccc1-2. The molecule has 2 heterocycles. The lowest BCUT2D eigenvalue weighted by atomic mass is 9.94. The van der Waals surface area contributed by atoms with Crippen molar-refractivity contribution in [1.29, 1.82) is 0 Å². The summed E-state index contributed by atoms with van der Waals surface area (Å²) < 4.78 is 12.7. The molecule has 0 spiro atoms. The molecule has 0 radical (unpaired) electrons. The van der Waals surface area contributed by atoms with Gasteiger partial charge in [0.15, 0.2) is 0 Å².